The second-order valence-corrected chi connectivity index (χ2v) is 16.8. The van der Waals surface area contributed by atoms with Gasteiger partial charge in [0.1, 0.15) is 0 Å². The summed E-state index contributed by atoms with van der Waals surface area (Å²) in [6.07, 6.45) is 6.63. The van der Waals surface area contributed by atoms with Crippen molar-refractivity contribution >= 4 is 21.5 Å². The highest BCUT2D eigenvalue weighted by Gasteiger charge is 2.45. The molecule has 0 amide bonds. The third kappa shape index (κ3) is 6.38. The van der Waals surface area contributed by atoms with Gasteiger partial charge in [-0.3, -0.25) is 0 Å². The number of aromatic nitrogens is 3. The van der Waals surface area contributed by atoms with Crippen molar-refractivity contribution in [1.82, 2.24) is 15.0 Å². The molecule has 10 rings (SSSR count). The topological polar surface area (TPSA) is 62.5 Å². The van der Waals surface area contributed by atoms with Crippen molar-refractivity contribution in [3.05, 3.63) is 163 Å². The SMILES string of the molecule is C[C@@H]1C[C@@H]2C[C@H](C)CC(c3ccc(-c4nc(-c5ccccc5)nc(-c5ccc(-c6c7ccccc7c(-c7ccc(C#N)cc7)c7ccccc67)cc5)n4)cc3)(C1)C2. The number of hydrogen-bond donors (Lipinski definition) is 0. The van der Waals surface area contributed by atoms with Gasteiger partial charge in [-0.05, 0) is 117 Å². The van der Waals surface area contributed by atoms with Crippen molar-refractivity contribution in [2.75, 3.05) is 0 Å². The lowest BCUT2D eigenvalue weighted by Crippen LogP contribution is -2.42. The second kappa shape index (κ2) is 14.3. The monoisotopic (exact) mass is 736 g/mol. The molecule has 1 unspecified atom stereocenters. The molecule has 276 valence electrons. The molecule has 0 aliphatic heterocycles. The Kier molecular flexibility index (Phi) is 8.75. The summed E-state index contributed by atoms with van der Waals surface area (Å²) >= 11 is 0. The first-order chi connectivity index (χ1) is 27.9. The first-order valence-corrected chi connectivity index (χ1v) is 20.4. The summed E-state index contributed by atoms with van der Waals surface area (Å²) in [5.74, 6) is 4.40. The van der Waals surface area contributed by atoms with Crippen molar-refractivity contribution in [1.29, 1.82) is 5.26 Å². The fourth-order valence-corrected chi connectivity index (χ4v) is 10.6. The molecule has 2 fully saturated rings. The lowest BCUT2D eigenvalue weighted by atomic mass is 9.54. The van der Waals surface area contributed by atoms with Gasteiger partial charge in [0.2, 0.25) is 0 Å². The average molecular weight is 737 g/mol. The first-order valence-electron chi connectivity index (χ1n) is 20.4. The maximum Gasteiger partial charge on any atom is 0.164 e. The van der Waals surface area contributed by atoms with Crippen molar-refractivity contribution in [2.24, 2.45) is 17.8 Å². The number of nitrogens with zero attached hydrogens (tertiary/aromatic N) is 4. The van der Waals surface area contributed by atoms with E-state index >= 15 is 0 Å². The Morgan fingerprint density at radius 2 is 0.842 bits per heavy atom. The van der Waals surface area contributed by atoms with Crippen LogP contribution in [0.2, 0.25) is 0 Å². The van der Waals surface area contributed by atoms with Gasteiger partial charge in [-0.1, -0.05) is 153 Å². The van der Waals surface area contributed by atoms with Crippen LogP contribution in [0.25, 0.3) is 78.0 Å². The van der Waals surface area contributed by atoms with Gasteiger partial charge in [0.05, 0.1) is 11.6 Å². The molecule has 0 radical (unpaired) electrons. The van der Waals surface area contributed by atoms with Crippen molar-refractivity contribution < 1.29 is 0 Å². The summed E-state index contributed by atoms with van der Waals surface area (Å²) in [7, 11) is 0. The van der Waals surface area contributed by atoms with Crippen molar-refractivity contribution in [2.45, 2.75) is 51.4 Å². The average Bonchev–Trinajstić information content (AvgIpc) is 3.25. The summed E-state index contributed by atoms with van der Waals surface area (Å²) < 4.78 is 0. The van der Waals surface area contributed by atoms with E-state index in [-0.39, 0.29) is 5.41 Å². The molecule has 1 heterocycles. The van der Waals surface area contributed by atoms with Crippen molar-refractivity contribution in [3.8, 4) is 62.5 Å². The molecule has 2 saturated carbocycles. The molecule has 0 N–H and O–H groups in total. The van der Waals surface area contributed by atoms with E-state index in [9.17, 15) is 5.26 Å². The first kappa shape index (κ1) is 35.0. The summed E-state index contributed by atoms with van der Waals surface area (Å²) in [6, 6.07) is 55.6. The number of hydrogen-bond acceptors (Lipinski definition) is 4. The molecular weight excluding hydrogens is 693 g/mol. The van der Waals surface area contributed by atoms with Gasteiger partial charge in [0.25, 0.3) is 0 Å². The van der Waals surface area contributed by atoms with Crippen LogP contribution in [0, 0.1) is 29.1 Å². The summed E-state index contributed by atoms with van der Waals surface area (Å²) in [4.78, 5) is 15.3. The van der Waals surface area contributed by atoms with Crippen LogP contribution in [0.4, 0.5) is 0 Å². The van der Waals surface area contributed by atoms with Gasteiger partial charge in [-0.2, -0.15) is 5.26 Å². The van der Waals surface area contributed by atoms with Crippen LogP contribution >= 0.6 is 0 Å². The quantitative estimate of drug-likeness (QED) is 0.159. The van der Waals surface area contributed by atoms with Crippen LogP contribution in [0.1, 0.15) is 57.1 Å². The van der Waals surface area contributed by atoms with Gasteiger partial charge >= 0.3 is 0 Å². The smallest absolute Gasteiger partial charge is 0.164 e. The van der Waals surface area contributed by atoms with E-state index in [1.807, 2.05) is 30.3 Å². The van der Waals surface area contributed by atoms with E-state index in [0.717, 1.165) is 45.6 Å². The number of benzene rings is 7. The van der Waals surface area contributed by atoms with E-state index in [1.165, 1.54) is 70.3 Å². The predicted molar refractivity (Wildman–Crippen MR) is 233 cm³/mol. The van der Waals surface area contributed by atoms with Crippen LogP contribution in [-0.4, -0.2) is 15.0 Å². The minimum Gasteiger partial charge on any atom is -0.208 e. The Morgan fingerprint density at radius 1 is 0.456 bits per heavy atom. The lowest BCUT2D eigenvalue weighted by Gasteiger charge is -2.50. The molecule has 57 heavy (non-hydrogen) atoms. The summed E-state index contributed by atoms with van der Waals surface area (Å²) in [5, 5.41) is 14.2. The number of rotatable bonds is 6. The molecule has 4 atom stereocenters. The zero-order valence-corrected chi connectivity index (χ0v) is 32.5. The summed E-state index contributed by atoms with van der Waals surface area (Å²) in [5.41, 5.74) is 9.92. The molecule has 7 aromatic carbocycles. The Labute approximate surface area is 334 Å². The normalized spacial score (nSPS) is 20.3. The number of nitriles is 1. The van der Waals surface area contributed by atoms with E-state index in [4.69, 9.17) is 15.0 Å². The van der Waals surface area contributed by atoms with E-state index in [2.05, 4.69) is 141 Å². The molecule has 8 aromatic rings. The highest BCUT2D eigenvalue weighted by Crippen LogP contribution is 2.54. The van der Waals surface area contributed by atoms with E-state index in [0.29, 0.717) is 23.0 Å². The molecule has 2 aliphatic rings. The van der Waals surface area contributed by atoms with Gasteiger partial charge in [-0.25, -0.2) is 15.0 Å². The fourth-order valence-electron chi connectivity index (χ4n) is 10.6. The van der Waals surface area contributed by atoms with Crippen LogP contribution in [0.5, 0.6) is 0 Å². The van der Waals surface area contributed by atoms with Crippen LogP contribution in [0.15, 0.2) is 152 Å². The molecule has 1 aromatic heterocycles. The molecule has 2 bridgehead atoms. The zero-order valence-electron chi connectivity index (χ0n) is 32.5. The van der Waals surface area contributed by atoms with Crippen LogP contribution in [-0.2, 0) is 5.41 Å². The maximum absolute atomic E-state index is 9.46. The Balaban J connectivity index is 1.05. The Bertz CT molecular complexity index is 2720. The highest BCUT2D eigenvalue weighted by atomic mass is 15.0. The second-order valence-electron chi connectivity index (χ2n) is 16.8. The standard InChI is InChI=1S/C53H44N4/c1-34-28-37-29-35(2)31-53(30-34,32-37)43-26-24-42(25-27-43)52-56-50(40-10-4-3-5-11-40)55-51(57-52)41-22-20-39(21-23-41)49-46-14-8-6-12-44(46)48(45-13-7-9-15-47(45)49)38-18-16-36(33-54)17-19-38/h3-27,34-35,37H,28-32H2,1-2H3/t34-,35+,37-,53?. The van der Waals surface area contributed by atoms with Gasteiger partial charge in [0, 0.05) is 16.7 Å². The summed E-state index contributed by atoms with van der Waals surface area (Å²) in [6.45, 7) is 4.91. The van der Waals surface area contributed by atoms with Crippen LogP contribution < -0.4 is 0 Å². The maximum atomic E-state index is 9.46. The lowest BCUT2D eigenvalue weighted by molar-refractivity contribution is 0.0780. The fraction of sp³-hybridized carbons (Fsp3) is 0.208. The molecule has 4 heteroatoms. The predicted octanol–water partition coefficient (Wildman–Crippen LogP) is 13.5. The molecular formula is C53H44N4. The van der Waals surface area contributed by atoms with E-state index in [1.54, 1.807) is 0 Å². The largest absolute Gasteiger partial charge is 0.208 e. The highest BCUT2D eigenvalue weighted by molar-refractivity contribution is 6.21. The van der Waals surface area contributed by atoms with Crippen LogP contribution in [0.3, 0.4) is 0 Å². The third-order valence-corrected chi connectivity index (χ3v) is 12.7. The molecule has 0 spiro atoms. The zero-order chi connectivity index (χ0) is 38.5. The van der Waals surface area contributed by atoms with Gasteiger partial charge in [0.15, 0.2) is 17.5 Å². The molecule has 2 aliphatic carbocycles. The molecule has 4 nitrogen and oxygen atoms in total. The number of fused-ring (bicyclic) bond motifs is 4. The Hall–Kier alpha value is -6.44. The van der Waals surface area contributed by atoms with Gasteiger partial charge in [-0.15, -0.1) is 0 Å². The third-order valence-electron chi connectivity index (χ3n) is 12.7. The minimum atomic E-state index is 0.278. The van der Waals surface area contributed by atoms with E-state index < -0.39 is 0 Å². The Morgan fingerprint density at radius 3 is 1.30 bits per heavy atom. The minimum absolute atomic E-state index is 0.278. The molecule has 0 saturated heterocycles. The van der Waals surface area contributed by atoms with Crippen molar-refractivity contribution in [3.63, 3.8) is 0 Å². The van der Waals surface area contributed by atoms with Gasteiger partial charge < -0.3 is 0 Å².